The van der Waals surface area contributed by atoms with Crippen LogP contribution in [0.1, 0.15) is 71.3 Å². The van der Waals surface area contributed by atoms with Gasteiger partial charge in [-0.3, -0.25) is 0 Å². The Balaban J connectivity index is 1.48. The Morgan fingerprint density at radius 1 is 1.17 bits per heavy atom. The maximum Gasteiger partial charge on any atom is 0.142 e. The summed E-state index contributed by atoms with van der Waals surface area (Å²) >= 11 is 2.67. The number of hydrogen-bond donors (Lipinski definition) is 0. The molecule has 2 fully saturated rings. The van der Waals surface area contributed by atoms with Gasteiger partial charge in [0.1, 0.15) is 12.4 Å². The fourth-order valence-electron chi connectivity index (χ4n) is 6.43. The Kier molecular flexibility index (Phi) is 5.86. The Morgan fingerprint density at radius 3 is 2.69 bits per heavy atom. The molecule has 0 bridgehead atoms. The minimum atomic E-state index is -0.221. The van der Waals surface area contributed by atoms with E-state index in [1.807, 2.05) is 0 Å². The lowest BCUT2D eigenvalue weighted by atomic mass is 9.47. The predicted molar refractivity (Wildman–Crippen MR) is 126 cm³/mol. The van der Waals surface area contributed by atoms with Crippen molar-refractivity contribution in [2.24, 2.45) is 27.8 Å². The van der Waals surface area contributed by atoms with E-state index >= 15 is 0 Å². The molecule has 0 aromatic heterocycles. The molecule has 158 valence electrons. The Hall–Kier alpha value is -0.910. The van der Waals surface area contributed by atoms with Crippen molar-refractivity contribution in [3.8, 4) is 0 Å². The van der Waals surface area contributed by atoms with E-state index in [0.717, 1.165) is 11.5 Å². The van der Waals surface area contributed by atoms with E-state index in [4.69, 9.17) is 4.84 Å². The number of fused-ring (bicyclic) bond motifs is 3. The first-order valence-corrected chi connectivity index (χ1v) is 12.1. The monoisotopic (exact) mass is 509 g/mol. The number of rotatable bonds is 4. The number of benzene rings is 1. The molecule has 2 nitrogen and oxygen atoms in total. The minimum Gasteiger partial charge on any atom is -0.391 e. The number of allylic oxidation sites excluding steroid dienone is 2. The third-order valence-corrected chi connectivity index (χ3v) is 8.75. The van der Waals surface area contributed by atoms with Crippen LogP contribution in [0.15, 0.2) is 41.1 Å². The number of hydrogen-bond acceptors (Lipinski definition) is 2. The lowest BCUT2D eigenvalue weighted by Crippen LogP contribution is -2.50. The molecule has 0 spiro atoms. The van der Waals surface area contributed by atoms with Gasteiger partial charge in [-0.15, -0.1) is 0 Å². The van der Waals surface area contributed by atoms with Crippen LogP contribution < -0.4 is 0 Å². The van der Waals surface area contributed by atoms with Crippen molar-refractivity contribution in [1.82, 2.24) is 0 Å². The number of oxime groups is 1. The Morgan fingerprint density at radius 2 is 1.93 bits per heavy atom. The third kappa shape index (κ3) is 4.28. The van der Waals surface area contributed by atoms with Crippen LogP contribution in [0.5, 0.6) is 0 Å². The lowest BCUT2D eigenvalue weighted by molar-refractivity contribution is 0.0159. The number of nitrogens with zero attached hydrogens (tertiary/aromatic N) is 1. The van der Waals surface area contributed by atoms with E-state index in [1.54, 1.807) is 17.7 Å². The predicted octanol–water partition coefficient (Wildman–Crippen LogP) is 7.46. The van der Waals surface area contributed by atoms with Gasteiger partial charge in [0.25, 0.3) is 0 Å². The van der Waals surface area contributed by atoms with Gasteiger partial charge >= 0.3 is 0 Å². The van der Waals surface area contributed by atoms with Crippen molar-refractivity contribution in [3.05, 3.63) is 47.3 Å². The van der Waals surface area contributed by atoms with Crippen molar-refractivity contribution in [2.75, 3.05) is 0 Å². The Bertz CT molecular complexity index is 802. The maximum absolute atomic E-state index is 13.0. The molecular formula is C25H33FINO. The highest BCUT2D eigenvalue weighted by Gasteiger charge is 2.54. The molecule has 29 heavy (non-hydrogen) atoms. The maximum atomic E-state index is 13.0. The normalized spacial score (nSPS) is 39.6. The van der Waals surface area contributed by atoms with Crippen LogP contribution in [-0.4, -0.2) is 9.64 Å². The average molecular weight is 509 g/mol. The minimum absolute atomic E-state index is 0.0761. The quantitative estimate of drug-likeness (QED) is 0.136. The summed E-state index contributed by atoms with van der Waals surface area (Å²) in [5.41, 5.74) is 3.06. The van der Waals surface area contributed by atoms with Crippen LogP contribution in [0.4, 0.5) is 4.39 Å². The summed E-state index contributed by atoms with van der Waals surface area (Å²) in [7, 11) is 0. The zero-order valence-corrected chi connectivity index (χ0v) is 20.0. The lowest BCUT2D eigenvalue weighted by Gasteiger charge is -2.58. The molecule has 1 aromatic rings. The van der Waals surface area contributed by atoms with Gasteiger partial charge in [0, 0.05) is 15.1 Å². The molecule has 4 heteroatoms. The molecule has 3 aliphatic carbocycles. The van der Waals surface area contributed by atoms with Crippen molar-refractivity contribution < 1.29 is 9.23 Å². The molecule has 0 heterocycles. The largest absolute Gasteiger partial charge is 0.391 e. The van der Waals surface area contributed by atoms with E-state index in [-0.39, 0.29) is 11.2 Å². The highest BCUT2D eigenvalue weighted by Crippen LogP contribution is 2.63. The zero-order valence-electron chi connectivity index (χ0n) is 17.9. The standard InChI is InChI=1S/C25H33FINO/c1-23(17-28-29-16-18-5-8-20(26)9-6-18)12-4-13-25(3)21-11-14-24(2,27)15-19(21)7-10-22(23)25/h5-6,8-9,11,17,19,22H,4,7,10,12-16H2,1-3H3/b28-17+/t19?,22?,23-,24-,25-/m0/s1. The first-order chi connectivity index (χ1) is 13.7. The SMILES string of the molecule is C[C@]1(I)CC=C2C(CCC3[C@@]2(C)CCC[C@@]3(C)/C=N/OCc2ccc(F)cc2)C1. The summed E-state index contributed by atoms with van der Waals surface area (Å²) < 4.78 is 13.5. The highest BCUT2D eigenvalue weighted by molar-refractivity contribution is 14.1. The molecule has 2 unspecified atom stereocenters. The van der Waals surface area contributed by atoms with Gasteiger partial charge in [-0.1, -0.05) is 78.7 Å². The summed E-state index contributed by atoms with van der Waals surface area (Å²) in [6, 6.07) is 6.44. The van der Waals surface area contributed by atoms with E-state index < -0.39 is 0 Å². The summed E-state index contributed by atoms with van der Waals surface area (Å²) in [5.74, 6) is 1.17. The van der Waals surface area contributed by atoms with Gasteiger partial charge in [0.2, 0.25) is 0 Å². The van der Waals surface area contributed by atoms with Crippen molar-refractivity contribution in [3.63, 3.8) is 0 Å². The topological polar surface area (TPSA) is 21.6 Å². The third-order valence-electron chi connectivity index (χ3n) is 7.87. The van der Waals surface area contributed by atoms with E-state index in [0.29, 0.717) is 21.4 Å². The molecule has 2 saturated carbocycles. The van der Waals surface area contributed by atoms with E-state index in [2.05, 4.69) is 60.8 Å². The number of halogens is 2. The second kappa shape index (κ2) is 7.97. The van der Waals surface area contributed by atoms with Crippen LogP contribution in [-0.2, 0) is 11.4 Å². The fraction of sp³-hybridized carbons (Fsp3) is 0.640. The van der Waals surface area contributed by atoms with E-state index in [9.17, 15) is 4.39 Å². The van der Waals surface area contributed by atoms with Gasteiger partial charge in [-0.05, 0) is 73.5 Å². The van der Waals surface area contributed by atoms with Gasteiger partial charge in [0.15, 0.2) is 0 Å². The molecule has 1 aromatic carbocycles. The van der Waals surface area contributed by atoms with Crippen LogP contribution >= 0.6 is 22.6 Å². The molecule has 0 saturated heterocycles. The van der Waals surface area contributed by atoms with Crippen LogP contribution in [0, 0.1) is 28.5 Å². The van der Waals surface area contributed by atoms with Crippen LogP contribution in [0.3, 0.4) is 0 Å². The second-order valence-electron chi connectivity index (χ2n) is 10.2. The zero-order chi connectivity index (χ0) is 20.7. The van der Waals surface area contributed by atoms with Gasteiger partial charge < -0.3 is 4.84 Å². The van der Waals surface area contributed by atoms with Crippen molar-refractivity contribution >= 4 is 28.8 Å². The fourth-order valence-corrected chi connectivity index (χ4v) is 7.18. The molecule has 0 radical (unpaired) electrons. The van der Waals surface area contributed by atoms with Crippen LogP contribution in [0.25, 0.3) is 0 Å². The molecule has 5 atom stereocenters. The van der Waals surface area contributed by atoms with Gasteiger partial charge in [0.05, 0.1) is 0 Å². The average Bonchev–Trinajstić information content (AvgIpc) is 2.65. The summed E-state index contributed by atoms with van der Waals surface area (Å²) in [6.07, 6.45) is 13.5. The van der Waals surface area contributed by atoms with Crippen molar-refractivity contribution in [1.29, 1.82) is 0 Å². The molecule has 3 aliphatic rings. The van der Waals surface area contributed by atoms with Crippen molar-refractivity contribution in [2.45, 2.75) is 75.7 Å². The first-order valence-electron chi connectivity index (χ1n) is 11.0. The molecule has 4 rings (SSSR count). The Labute approximate surface area is 188 Å². The van der Waals surface area contributed by atoms with Crippen LogP contribution in [0.2, 0.25) is 0 Å². The van der Waals surface area contributed by atoms with Gasteiger partial charge in [-0.25, -0.2) is 4.39 Å². The van der Waals surface area contributed by atoms with Gasteiger partial charge in [-0.2, -0.15) is 0 Å². The highest BCUT2D eigenvalue weighted by atomic mass is 127. The second-order valence-corrected chi connectivity index (χ2v) is 12.8. The smallest absolute Gasteiger partial charge is 0.142 e. The molecular weight excluding hydrogens is 476 g/mol. The number of alkyl halides is 1. The summed E-state index contributed by atoms with van der Waals surface area (Å²) in [5, 5.41) is 4.39. The van der Waals surface area contributed by atoms with E-state index in [1.165, 1.54) is 57.1 Å². The molecule has 0 amide bonds. The first kappa shape index (κ1) is 21.3. The molecule has 0 N–H and O–H groups in total. The summed E-state index contributed by atoms with van der Waals surface area (Å²) in [4.78, 5) is 5.61. The summed E-state index contributed by atoms with van der Waals surface area (Å²) in [6.45, 7) is 7.70. The molecule has 0 aliphatic heterocycles.